The van der Waals surface area contributed by atoms with Gasteiger partial charge in [-0.05, 0) is 17.7 Å². The zero-order chi connectivity index (χ0) is 14.3. The number of nitrogens with one attached hydrogen (secondary N) is 1. The maximum absolute atomic E-state index is 11.8. The number of carbonyl (C=O) groups is 1. The van der Waals surface area contributed by atoms with Gasteiger partial charge in [-0.1, -0.05) is 18.2 Å². The first-order chi connectivity index (χ1) is 9.04. The molecule has 0 aromatic heterocycles. The molecular formula is C15H23N3O. The molecule has 0 saturated carbocycles. The smallest absolute Gasteiger partial charge is 0.236 e. The van der Waals surface area contributed by atoms with E-state index in [9.17, 15) is 4.79 Å². The Morgan fingerprint density at radius 1 is 1.26 bits per heavy atom. The Hall–Kier alpha value is -1.81. The minimum absolute atomic E-state index is 0.0820. The van der Waals surface area contributed by atoms with Crippen molar-refractivity contribution < 1.29 is 4.79 Å². The van der Waals surface area contributed by atoms with Crippen LogP contribution in [0.15, 0.2) is 36.9 Å². The van der Waals surface area contributed by atoms with Crippen LogP contribution in [0.1, 0.15) is 5.56 Å². The molecule has 0 atom stereocenters. The van der Waals surface area contributed by atoms with E-state index in [1.54, 1.807) is 11.0 Å². The van der Waals surface area contributed by atoms with Crippen LogP contribution >= 0.6 is 0 Å². The summed E-state index contributed by atoms with van der Waals surface area (Å²) in [6, 6.07) is 8.22. The molecule has 0 radical (unpaired) electrons. The van der Waals surface area contributed by atoms with Crippen molar-refractivity contribution in [2.75, 3.05) is 39.1 Å². The Kier molecular flexibility index (Phi) is 6.09. The van der Waals surface area contributed by atoms with Gasteiger partial charge in [-0.15, -0.1) is 6.58 Å². The Bertz CT molecular complexity index is 412. The summed E-state index contributed by atoms with van der Waals surface area (Å²) in [5.74, 6) is 0.0820. The summed E-state index contributed by atoms with van der Waals surface area (Å²) in [7, 11) is 5.84. The second kappa shape index (κ2) is 7.59. The molecule has 0 saturated heterocycles. The highest BCUT2D eigenvalue weighted by Crippen LogP contribution is 2.13. The number of nitrogens with zero attached hydrogens (tertiary/aromatic N) is 2. The van der Waals surface area contributed by atoms with Crippen molar-refractivity contribution in [2.24, 2.45) is 0 Å². The van der Waals surface area contributed by atoms with Crippen LogP contribution in [0.3, 0.4) is 0 Å². The number of rotatable bonds is 7. The van der Waals surface area contributed by atoms with Gasteiger partial charge in [-0.3, -0.25) is 4.79 Å². The standard InChI is InChI=1S/C15H23N3O/c1-5-10-16-11-15(19)18(4)12-13-6-8-14(9-7-13)17(2)3/h5-9,16H,1,10-12H2,2-4H3. The van der Waals surface area contributed by atoms with E-state index in [-0.39, 0.29) is 5.91 Å². The van der Waals surface area contributed by atoms with E-state index in [2.05, 4.69) is 41.1 Å². The fourth-order valence-electron chi connectivity index (χ4n) is 1.68. The van der Waals surface area contributed by atoms with Gasteiger partial charge in [-0.25, -0.2) is 0 Å². The number of likely N-dealkylation sites (N-methyl/N-ethyl adjacent to an activating group) is 1. The third-order valence-corrected chi connectivity index (χ3v) is 2.86. The van der Waals surface area contributed by atoms with Gasteiger partial charge >= 0.3 is 0 Å². The average molecular weight is 261 g/mol. The van der Waals surface area contributed by atoms with Crippen molar-refractivity contribution in [1.29, 1.82) is 0 Å². The second-order valence-corrected chi connectivity index (χ2v) is 4.73. The zero-order valence-corrected chi connectivity index (χ0v) is 12.0. The molecule has 0 aliphatic carbocycles. The van der Waals surface area contributed by atoms with Crippen molar-refractivity contribution in [3.63, 3.8) is 0 Å². The summed E-state index contributed by atoms with van der Waals surface area (Å²) in [5.41, 5.74) is 2.29. The van der Waals surface area contributed by atoms with Crippen molar-refractivity contribution in [3.8, 4) is 0 Å². The highest BCUT2D eigenvalue weighted by atomic mass is 16.2. The lowest BCUT2D eigenvalue weighted by Gasteiger charge is -2.18. The lowest BCUT2D eigenvalue weighted by molar-refractivity contribution is -0.129. The third kappa shape index (κ3) is 5.14. The summed E-state index contributed by atoms with van der Waals surface area (Å²) in [6.07, 6.45) is 1.74. The molecule has 4 nitrogen and oxygen atoms in total. The highest BCUT2D eigenvalue weighted by Gasteiger charge is 2.08. The summed E-state index contributed by atoms with van der Waals surface area (Å²) in [6.45, 7) is 5.22. The predicted octanol–water partition coefficient (Wildman–Crippen LogP) is 1.49. The van der Waals surface area contributed by atoms with E-state index in [1.165, 1.54) is 0 Å². The van der Waals surface area contributed by atoms with Gasteiger partial charge in [0, 0.05) is 39.9 Å². The number of carbonyl (C=O) groups excluding carboxylic acids is 1. The number of amides is 1. The van der Waals surface area contributed by atoms with E-state index in [1.807, 2.05) is 21.1 Å². The van der Waals surface area contributed by atoms with Gasteiger partial charge in [-0.2, -0.15) is 0 Å². The Morgan fingerprint density at radius 3 is 2.42 bits per heavy atom. The maximum atomic E-state index is 11.8. The number of anilines is 1. The molecule has 1 aromatic carbocycles. The average Bonchev–Trinajstić information content (AvgIpc) is 2.39. The quantitative estimate of drug-likeness (QED) is 0.596. The van der Waals surface area contributed by atoms with Crippen molar-refractivity contribution >= 4 is 11.6 Å². The Labute approximate surface area is 115 Å². The van der Waals surface area contributed by atoms with Crippen LogP contribution < -0.4 is 10.2 Å². The van der Waals surface area contributed by atoms with E-state index in [0.29, 0.717) is 19.6 Å². The van der Waals surface area contributed by atoms with Crippen molar-refractivity contribution in [3.05, 3.63) is 42.5 Å². The summed E-state index contributed by atoms with van der Waals surface area (Å²) in [5, 5.41) is 3.01. The number of benzene rings is 1. The Balaban J connectivity index is 2.49. The van der Waals surface area contributed by atoms with Crippen LogP contribution in [0.25, 0.3) is 0 Å². The van der Waals surface area contributed by atoms with Gasteiger partial charge in [0.05, 0.1) is 6.54 Å². The topological polar surface area (TPSA) is 35.6 Å². The van der Waals surface area contributed by atoms with Crippen LogP contribution in [-0.2, 0) is 11.3 Å². The molecule has 4 heteroatoms. The van der Waals surface area contributed by atoms with Crippen LogP contribution in [0.2, 0.25) is 0 Å². The molecule has 0 heterocycles. The molecule has 0 aliphatic heterocycles. The summed E-state index contributed by atoms with van der Waals surface area (Å²) >= 11 is 0. The zero-order valence-electron chi connectivity index (χ0n) is 12.0. The molecule has 1 aromatic rings. The first-order valence-corrected chi connectivity index (χ1v) is 6.36. The maximum Gasteiger partial charge on any atom is 0.236 e. The first kappa shape index (κ1) is 15.2. The number of hydrogen-bond donors (Lipinski definition) is 1. The molecule has 1 N–H and O–H groups in total. The molecule has 104 valence electrons. The normalized spacial score (nSPS) is 10.1. The fourth-order valence-corrected chi connectivity index (χ4v) is 1.68. The monoisotopic (exact) mass is 261 g/mol. The lowest BCUT2D eigenvalue weighted by Crippen LogP contribution is -2.35. The minimum Gasteiger partial charge on any atom is -0.378 e. The first-order valence-electron chi connectivity index (χ1n) is 6.36. The van der Waals surface area contributed by atoms with E-state index in [4.69, 9.17) is 0 Å². The van der Waals surface area contributed by atoms with Crippen LogP contribution in [0, 0.1) is 0 Å². The second-order valence-electron chi connectivity index (χ2n) is 4.73. The molecule has 0 bridgehead atoms. The summed E-state index contributed by atoms with van der Waals surface area (Å²) < 4.78 is 0. The molecule has 1 amide bonds. The molecule has 0 fully saturated rings. The van der Waals surface area contributed by atoms with E-state index in [0.717, 1.165) is 11.3 Å². The van der Waals surface area contributed by atoms with E-state index >= 15 is 0 Å². The fraction of sp³-hybridized carbons (Fsp3) is 0.400. The molecular weight excluding hydrogens is 238 g/mol. The Morgan fingerprint density at radius 2 is 1.89 bits per heavy atom. The van der Waals surface area contributed by atoms with E-state index < -0.39 is 0 Å². The molecule has 1 rings (SSSR count). The van der Waals surface area contributed by atoms with Crippen LogP contribution in [-0.4, -0.2) is 45.0 Å². The van der Waals surface area contributed by atoms with Gasteiger partial charge in [0.25, 0.3) is 0 Å². The van der Waals surface area contributed by atoms with Gasteiger partial charge in [0.1, 0.15) is 0 Å². The number of hydrogen-bond acceptors (Lipinski definition) is 3. The molecule has 0 unspecified atom stereocenters. The highest BCUT2D eigenvalue weighted by molar-refractivity contribution is 5.78. The molecule has 19 heavy (non-hydrogen) atoms. The minimum atomic E-state index is 0.0820. The molecule has 0 spiro atoms. The van der Waals surface area contributed by atoms with Gasteiger partial charge in [0.2, 0.25) is 5.91 Å². The van der Waals surface area contributed by atoms with Crippen LogP contribution in [0.5, 0.6) is 0 Å². The molecule has 0 aliphatic rings. The largest absolute Gasteiger partial charge is 0.378 e. The lowest BCUT2D eigenvalue weighted by atomic mass is 10.2. The van der Waals surface area contributed by atoms with Gasteiger partial charge < -0.3 is 15.1 Å². The van der Waals surface area contributed by atoms with Crippen LogP contribution in [0.4, 0.5) is 5.69 Å². The predicted molar refractivity (Wildman–Crippen MR) is 80.3 cm³/mol. The summed E-state index contributed by atoms with van der Waals surface area (Å²) in [4.78, 5) is 15.6. The van der Waals surface area contributed by atoms with Crippen molar-refractivity contribution in [2.45, 2.75) is 6.54 Å². The van der Waals surface area contributed by atoms with Gasteiger partial charge in [0.15, 0.2) is 0 Å². The third-order valence-electron chi connectivity index (χ3n) is 2.86. The SMILES string of the molecule is C=CCNCC(=O)N(C)Cc1ccc(N(C)C)cc1. The van der Waals surface area contributed by atoms with Crippen molar-refractivity contribution in [1.82, 2.24) is 10.2 Å².